The van der Waals surface area contributed by atoms with Gasteiger partial charge in [0.15, 0.2) is 0 Å². The fourth-order valence-electron chi connectivity index (χ4n) is 1.22. The van der Waals surface area contributed by atoms with Crippen molar-refractivity contribution >= 4 is 17.2 Å². The molecular weight excluding hydrogens is 226 g/mol. The number of nitrogens with two attached hydrogens (primary N) is 1. The Morgan fingerprint density at radius 2 is 2.44 bits per heavy atom. The first-order valence-corrected chi connectivity index (χ1v) is 6.15. The molecule has 0 aromatic carbocycles. The van der Waals surface area contributed by atoms with Gasteiger partial charge in [-0.3, -0.25) is 4.79 Å². The van der Waals surface area contributed by atoms with Crippen molar-refractivity contribution < 1.29 is 9.90 Å². The van der Waals surface area contributed by atoms with E-state index in [4.69, 9.17) is 10.8 Å². The van der Waals surface area contributed by atoms with Crippen LogP contribution in [-0.4, -0.2) is 35.7 Å². The SMILES string of the molecule is NCCCc1nc(CC(=O)NCCO)cs1. The molecule has 0 spiro atoms. The maximum atomic E-state index is 11.3. The zero-order valence-electron chi connectivity index (χ0n) is 9.11. The average Bonchev–Trinajstić information content (AvgIpc) is 2.71. The van der Waals surface area contributed by atoms with Gasteiger partial charge in [-0.05, 0) is 13.0 Å². The Balaban J connectivity index is 2.36. The quantitative estimate of drug-likeness (QED) is 0.612. The standard InChI is InChI=1S/C10H17N3O2S/c11-3-1-2-10-13-8(7-16-10)6-9(15)12-4-5-14/h7,14H,1-6,11H2,(H,12,15). The summed E-state index contributed by atoms with van der Waals surface area (Å²) in [6.07, 6.45) is 2.07. The summed E-state index contributed by atoms with van der Waals surface area (Å²) < 4.78 is 0. The van der Waals surface area contributed by atoms with Crippen LogP contribution in [0, 0.1) is 0 Å². The van der Waals surface area contributed by atoms with Crippen molar-refractivity contribution in [1.82, 2.24) is 10.3 Å². The molecule has 6 heteroatoms. The Kier molecular flexibility index (Phi) is 5.99. The molecule has 0 aliphatic rings. The van der Waals surface area contributed by atoms with Gasteiger partial charge < -0.3 is 16.2 Å². The molecule has 16 heavy (non-hydrogen) atoms. The molecule has 1 aromatic heterocycles. The number of amides is 1. The predicted octanol–water partition coefficient (Wildman–Crippen LogP) is -0.315. The van der Waals surface area contributed by atoms with Gasteiger partial charge in [-0.2, -0.15) is 0 Å². The van der Waals surface area contributed by atoms with Gasteiger partial charge in [0.2, 0.25) is 5.91 Å². The molecule has 5 nitrogen and oxygen atoms in total. The number of carbonyl (C=O) groups is 1. The van der Waals surface area contributed by atoms with Crippen LogP contribution in [0.15, 0.2) is 5.38 Å². The van der Waals surface area contributed by atoms with E-state index in [0.717, 1.165) is 23.5 Å². The minimum Gasteiger partial charge on any atom is -0.395 e. The van der Waals surface area contributed by atoms with Crippen LogP contribution in [0.4, 0.5) is 0 Å². The summed E-state index contributed by atoms with van der Waals surface area (Å²) in [5.41, 5.74) is 6.19. The molecule has 0 saturated carbocycles. The summed E-state index contributed by atoms with van der Waals surface area (Å²) in [5, 5.41) is 14.0. The van der Waals surface area contributed by atoms with Crippen LogP contribution >= 0.6 is 11.3 Å². The van der Waals surface area contributed by atoms with Crippen LogP contribution < -0.4 is 11.1 Å². The lowest BCUT2D eigenvalue weighted by atomic mass is 10.3. The molecule has 1 amide bonds. The van der Waals surface area contributed by atoms with Crippen molar-refractivity contribution in [3.05, 3.63) is 16.1 Å². The predicted molar refractivity (Wildman–Crippen MR) is 63.3 cm³/mol. The van der Waals surface area contributed by atoms with Crippen LogP contribution in [0.2, 0.25) is 0 Å². The molecule has 1 aromatic rings. The fourth-order valence-corrected chi connectivity index (χ4v) is 2.06. The van der Waals surface area contributed by atoms with Crippen LogP contribution in [-0.2, 0) is 17.6 Å². The number of hydrogen-bond donors (Lipinski definition) is 3. The lowest BCUT2D eigenvalue weighted by Gasteiger charge is -2.00. The fraction of sp³-hybridized carbons (Fsp3) is 0.600. The van der Waals surface area contributed by atoms with Crippen molar-refractivity contribution in [2.24, 2.45) is 5.73 Å². The van der Waals surface area contributed by atoms with Gasteiger partial charge in [-0.15, -0.1) is 11.3 Å². The van der Waals surface area contributed by atoms with Crippen LogP contribution in [0.1, 0.15) is 17.1 Å². The second-order valence-electron chi connectivity index (χ2n) is 3.38. The summed E-state index contributed by atoms with van der Waals surface area (Å²) in [7, 11) is 0. The van der Waals surface area contributed by atoms with Gasteiger partial charge in [0.1, 0.15) is 0 Å². The number of nitrogens with zero attached hydrogens (tertiary/aromatic N) is 1. The molecule has 1 heterocycles. The third-order valence-corrected chi connectivity index (χ3v) is 2.93. The molecule has 0 aliphatic heterocycles. The highest BCUT2D eigenvalue weighted by atomic mass is 32.1. The third-order valence-electron chi connectivity index (χ3n) is 1.97. The van der Waals surface area contributed by atoms with Gasteiger partial charge >= 0.3 is 0 Å². The molecule has 0 saturated heterocycles. The van der Waals surface area contributed by atoms with Crippen molar-refractivity contribution in [2.45, 2.75) is 19.3 Å². The number of aliphatic hydroxyl groups is 1. The lowest BCUT2D eigenvalue weighted by Crippen LogP contribution is -2.27. The topological polar surface area (TPSA) is 88.2 Å². The van der Waals surface area contributed by atoms with E-state index in [1.165, 1.54) is 0 Å². The summed E-state index contributed by atoms with van der Waals surface area (Å²) in [6.45, 7) is 0.916. The molecule has 0 fully saturated rings. The van der Waals surface area contributed by atoms with Crippen LogP contribution in [0.25, 0.3) is 0 Å². The van der Waals surface area contributed by atoms with E-state index in [1.54, 1.807) is 11.3 Å². The molecule has 4 N–H and O–H groups in total. The molecule has 90 valence electrons. The van der Waals surface area contributed by atoms with Crippen molar-refractivity contribution in [1.29, 1.82) is 0 Å². The van der Waals surface area contributed by atoms with E-state index >= 15 is 0 Å². The molecule has 1 rings (SSSR count). The highest BCUT2D eigenvalue weighted by molar-refractivity contribution is 7.09. The van der Waals surface area contributed by atoms with Crippen molar-refractivity contribution in [2.75, 3.05) is 19.7 Å². The van der Waals surface area contributed by atoms with E-state index in [9.17, 15) is 4.79 Å². The summed E-state index contributed by atoms with van der Waals surface area (Å²) in [4.78, 5) is 15.7. The first-order chi connectivity index (χ1) is 7.76. The van der Waals surface area contributed by atoms with E-state index < -0.39 is 0 Å². The normalized spacial score (nSPS) is 10.4. The number of aryl methyl sites for hydroxylation is 1. The Morgan fingerprint density at radius 3 is 3.12 bits per heavy atom. The highest BCUT2D eigenvalue weighted by Crippen LogP contribution is 2.11. The summed E-state index contributed by atoms with van der Waals surface area (Å²) >= 11 is 1.56. The van der Waals surface area contributed by atoms with Crippen molar-refractivity contribution in [3.63, 3.8) is 0 Å². The first kappa shape index (κ1) is 13.1. The number of thiazole rings is 1. The van der Waals surface area contributed by atoms with Crippen LogP contribution in [0.5, 0.6) is 0 Å². The van der Waals surface area contributed by atoms with Gasteiger partial charge in [0.25, 0.3) is 0 Å². The van der Waals surface area contributed by atoms with Gasteiger partial charge in [0, 0.05) is 18.3 Å². The molecule has 0 radical (unpaired) electrons. The second-order valence-corrected chi connectivity index (χ2v) is 4.32. The molecule has 0 unspecified atom stereocenters. The summed E-state index contributed by atoms with van der Waals surface area (Å²) in [5.74, 6) is -0.107. The largest absolute Gasteiger partial charge is 0.395 e. The van der Waals surface area contributed by atoms with Gasteiger partial charge in [-0.25, -0.2) is 4.98 Å². The zero-order valence-corrected chi connectivity index (χ0v) is 9.92. The Labute approximate surface area is 98.7 Å². The average molecular weight is 243 g/mol. The monoisotopic (exact) mass is 243 g/mol. The van der Waals surface area contributed by atoms with Crippen molar-refractivity contribution in [3.8, 4) is 0 Å². The maximum Gasteiger partial charge on any atom is 0.226 e. The number of nitrogens with one attached hydrogen (secondary N) is 1. The number of rotatable bonds is 7. The van der Waals surface area contributed by atoms with E-state index in [0.29, 0.717) is 13.1 Å². The second kappa shape index (κ2) is 7.32. The Hall–Kier alpha value is -0.980. The maximum absolute atomic E-state index is 11.3. The minimum atomic E-state index is -0.107. The van der Waals surface area contributed by atoms with E-state index in [-0.39, 0.29) is 18.9 Å². The lowest BCUT2D eigenvalue weighted by molar-refractivity contribution is -0.120. The van der Waals surface area contributed by atoms with Gasteiger partial charge in [0.05, 0.1) is 23.7 Å². The third kappa shape index (κ3) is 4.69. The van der Waals surface area contributed by atoms with E-state index in [2.05, 4.69) is 10.3 Å². The smallest absolute Gasteiger partial charge is 0.226 e. The summed E-state index contributed by atoms with van der Waals surface area (Å²) in [6, 6.07) is 0. The first-order valence-electron chi connectivity index (χ1n) is 5.27. The Morgan fingerprint density at radius 1 is 1.62 bits per heavy atom. The molecule has 0 aliphatic carbocycles. The number of aromatic nitrogens is 1. The zero-order chi connectivity index (χ0) is 11.8. The molecule has 0 atom stereocenters. The number of hydrogen-bond acceptors (Lipinski definition) is 5. The number of carbonyl (C=O) groups excluding carboxylic acids is 1. The highest BCUT2D eigenvalue weighted by Gasteiger charge is 2.06. The minimum absolute atomic E-state index is 0.0371. The molecular formula is C10H17N3O2S. The van der Waals surface area contributed by atoms with E-state index in [1.807, 2.05) is 5.38 Å². The molecule has 0 bridgehead atoms. The Bertz CT molecular complexity index is 328. The van der Waals surface area contributed by atoms with Gasteiger partial charge in [-0.1, -0.05) is 0 Å². The van der Waals surface area contributed by atoms with Crippen LogP contribution in [0.3, 0.4) is 0 Å². The number of aliphatic hydroxyl groups excluding tert-OH is 1.